The van der Waals surface area contributed by atoms with Crippen LogP contribution in [0, 0.1) is 12.8 Å². The van der Waals surface area contributed by atoms with Gasteiger partial charge in [0.1, 0.15) is 0 Å². The van der Waals surface area contributed by atoms with Gasteiger partial charge in [0, 0.05) is 19.5 Å². The monoisotopic (exact) mass is 414 g/mol. The van der Waals surface area contributed by atoms with Crippen LogP contribution >= 0.6 is 0 Å². The highest BCUT2D eigenvalue weighted by Crippen LogP contribution is 2.23. The molecule has 0 aromatic heterocycles. The van der Waals surface area contributed by atoms with Gasteiger partial charge < -0.3 is 4.90 Å². The number of hydrogen-bond donors (Lipinski definition) is 1. The summed E-state index contributed by atoms with van der Waals surface area (Å²) in [6, 6.07) is 15.2. The van der Waals surface area contributed by atoms with Gasteiger partial charge in [-0.1, -0.05) is 42.0 Å². The molecule has 0 atom stereocenters. The fraction of sp³-hybridized carbons (Fsp3) is 0.435. The first-order chi connectivity index (χ1) is 13.8. The minimum absolute atomic E-state index is 0.0975. The van der Waals surface area contributed by atoms with Crippen molar-refractivity contribution >= 4 is 15.9 Å². The number of amides is 1. The standard InChI is InChI=1S/C23H30N2O3S/c1-18-2-4-19(5-3-18)6-7-21-14-16-25(17-15-21)23(26)13-10-20-8-11-22(12-9-20)29(24,27)28/h2-5,8-9,11-12,21H,6-7,10,13-17H2,1H3,(H2,24,27,28). The number of nitrogens with zero attached hydrogens (tertiary/aromatic N) is 1. The number of benzene rings is 2. The second-order valence-corrected chi connectivity index (χ2v) is 9.60. The lowest BCUT2D eigenvalue weighted by Crippen LogP contribution is -2.38. The molecule has 1 aliphatic heterocycles. The molecular formula is C23H30N2O3S. The lowest BCUT2D eigenvalue weighted by atomic mass is 9.90. The summed E-state index contributed by atoms with van der Waals surface area (Å²) < 4.78 is 22.6. The van der Waals surface area contributed by atoms with Crippen molar-refractivity contribution in [2.45, 2.75) is 50.3 Å². The SMILES string of the molecule is Cc1ccc(CCC2CCN(C(=O)CCc3ccc(S(N)(=O)=O)cc3)CC2)cc1. The summed E-state index contributed by atoms with van der Waals surface area (Å²) in [6.45, 7) is 3.78. The topological polar surface area (TPSA) is 80.5 Å². The van der Waals surface area contributed by atoms with E-state index in [2.05, 4.69) is 31.2 Å². The molecule has 0 bridgehead atoms. The first-order valence-electron chi connectivity index (χ1n) is 10.3. The van der Waals surface area contributed by atoms with E-state index in [1.807, 2.05) is 4.90 Å². The van der Waals surface area contributed by atoms with Crippen LogP contribution in [0.15, 0.2) is 53.4 Å². The lowest BCUT2D eigenvalue weighted by molar-refractivity contribution is -0.132. The van der Waals surface area contributed by atoms with Gasteiger partial charge in [0.2, 0.25) is 15.9 Å². The molecular weight excluding hydrogens is 384 g/mol. The largest absolute Gasteiger partial charge is 0.343 e. The fourth-order valence-electron chi connectivity index (χ4n) is 3.85. The summed E-state index contributed by atoms with van der Waals surface area (Å²) in [5.41, 5.74) is 3.63. The molecule has 2 N–H and O–H groups in total. The molecule has 156 valence electrons. The highest BCUT2D eigenvalue weighted by molar-refractivity contribution is 7.89. The molecule has 1 saturated heterocycles. The molecule has 1 amide bonds. The molecule has 0 spiro atoms. The minimum atomic E-state index is -3.67. The Hall–Kier alpha value is -2.18. The van der Waals surface area contributed by atoms with E-state index in [4.69, 9.17) is 5.14 Å². The van der Waals surface area contributed by atoms with Gasteiger partial charge in [0.15, 0.2) is 0 Å². The Bertz CT molecular complexity index is 914. The smallest absolute Gasteiger partial charge is 0.238 e. The normalized spacial score (nSPS) is 15.4. The van der Waals surface area contributed by atoms with E-state index in [-0.39, 0.29) is 10.8 Å². The molecule has 29 heavy (non-hydrogen) atoms. The lowest BCUT2D eigenvalue weighted by Gasteiger charge is -2.32. The summed E-state index contributed by atoms with van der Waals surface area (Å²) in [7, 11) is -3.67. The van der Waals surface area contributed by atoms with Crippen LogP contribution in [0.5, 0.6) is 0 Å². The summed E-state index contributed by atoms with van der Waals surface area (Å²) in [4.78, 5) is 14.6. The van der Waals surface area contributed by atoms with E-state index in [0.29, 0.717) is 18.8 Å². The molecule has 0 aliphatic carbocycles. The number of sulfonamides is 1. The van der Waals surface area contributed by atoms with Gasteiger partial charge in [-0.25, -0.2) is 13.6 Å². The summed E-state index contributed by atoms with van der Waals surface area (Å²) >= 11 is 0. The van der Waals surface area contributed by atoms with E-state index >= 15 is 0 Å². The third-order valence-corrected chi connectivity index (χ3v) is 6.74. The van der Waals surface area contributed by atoms with Gasteiger partial charge in [-0.05, 0) is 68.2 Å². The van der Waals surface area contributed by atoms with Crippen molar-refractivity contribution in [3.8, 4) is 0 Å². The van der Waals surface area contributed by atoms with Crippen LogP contribution in [0.1, 0.15) is 42.4 Å². The van der Waals surface area contributed by atoms with E-state index in [9.17, 15) is 13.2 Å². The van der Waals surface area contributed by atoms with Crippen LogP contribution < -0.4 is 5.14 Å². The average Bonchev–Trinajstić information content (AvgIpc) is 2.71. The number of nitrogens with two attached hydrogens (primary N) is 1. The third-order valence-electron chi connectivity index (χ3n) is 5.81. The Balaban J connectivity index is 1.40. The summed E-state index contributed by atoms with van der Waals surface area (Å²) in [5.74, 6) is 0.864. The van der Waals surface area contributed by atoms with E-state index < -0.39 is 10.0 Å². The second-order valence-electron chi connectivity index (χ2n) is 8.04. The second kappa shape index (κ2) is 9.55. The van der Waals surface area contributed by atoms with Gasteiger partial charge in [0.05, 0.1) is 4.90 Å². The Labute approximate surface area is 174 Å². The number of carbonyl (C=O) groups is 1. The molecule has 6 heteroatoms. The molecule has 1 aliphatic rings. The summed E-state index contributed by atoms with van der Waals surface area (Å²) in [5, 5.41) is 5.11. The highest BCUT2D eigenvalue weighted by atomic mass is 32.2. The molecule has 0 unspecified atom stereocenters. The van der Waals surface area contributed by atoms with E-state index in [1.165, 1.54) is 29.7 Å². The van der Waals surface area contributed by atoms with Crippen molar-refractivity contribution in [3.63, 3.8) is 0 Å². The maximum absolute atomic E-state index is 12.5. The molecule has 2 aromatic rings. The fourth-order valence-corrected chi connectivity index (χ4v) is 4.37. The van der Waals surface area contributed by atoms with Crippen molar-refractivity contribution < 1.29 is 13.2 Å². The van der Waals surface area contributed by atoms with Crippen molar-refractivity contribution in [1.82, 2.24) is 4.90 Å². The van der Waals surface area contributed by atoms with Crippen molar-refractivity contribution in [1.29, 1.82) is 0 Å². The van der Waals surface area contributed by atoms with Crippen LogP contribution in [0.25, 0.3) is 0 Å². The zero-order chi connectivity index (χ0) is 20.9. The number of hydrogen-bond acceptors (Lipinski definition) is 3. The average molecular weight is 415 g/mol. The van der Waals surface area contributed by atoms with E-state index in [0.717, 1.165) is 37.9 Å². The third kappa shape index (κ3) is 6.41. The number of primary sulfonamides is 1. The Morgan fingerprint density at radius 2 is 1.52 bits per heavy atom. The Morgan fingerprint density at radius 1 is 0.966 bits per heavy atom. The van der Waals surface area contributed by atoms with Crippen molar-refractivity contribution in [2.24, 2.45) is 11.1 Å². The maximum atomic E-state index is 12.5. The Kier molecular flexibility index (Phi) is 7.09. The zero-order valence-electron chi connectivity index (χ0n) is 17.0. The summed E-state index contributed by atoms with van der Waals surface area (Å²) in [6.07, 6.45) is 5.48. The molecule has 0 saturated carbocycles. The number of rotatable bonds is 7. The Morgan fingerprint density at radius 3 is 2.10 bits per heavy atom. The van der Waals surface area contributed by atoms with Crippen LogP contribution in [-0.4, -0.2) is 32.3 Å². The number of piperidine rings is 1. The first kappa shape index (κ1) is 21.5. The van der Waals surface area contributed by atoms with Gasteiger partial charge in [-0.2, -0.15) is 0 Å². The van der Waals surface area contributed by atoms with Crippen molar-refractivity contribution in [2.75, 3.05) is 13.1 Å². The molecule has 1 heterocycles. The van der Waals surface area contributed by atoms with Crippen LogP contribution in [-0.2, 0) is 27.7 Å². The van der Waals surface area contributed by atoms with Gasteiger partial charge >= 0.3 is 0 Å². The quantitative estimate of drug-likeness (QED) is 0.753. The maximum Gasteiger partial charge on any atom is 0.238 e. The minimum Gasteiger partial charge on any atom is -0.343 e. The van der Waals surface area contributed by atoms with E-state index in [1.54, 1.807) is 12.1 Å². The predicted octanol–water partition coefficient (Wildman–Crippen LogP) is 3.45. The molecule has 1 fully saturated rings. The molecule has 3 rings (SSSR count). The number of likely N-dealkylation sites (tertiary alicyclic amines) is 1. The molecule has 0 radical (unpaired) electrons. The van der Waals surface area contributed by atoms with Crippen LogP contribution in [0.3, 0.4) is 0 Å². The predicted molar refractivity (Wildman–Crippen MR) is 115 cm³/mol. The van der Waals surface area contributed by atoms with Gasteiger partial charge in [-0.3, -0.25) is 4.79 Å². The number of aryl methyl sites for hydroxylation is 3. The molecule has 2 aromatic carbocycles. The highest BCUT2D eigenvalue weighted by Gasteiger charge is 2.22. The van der Waals surface area contributed by atoms with Gasteiger partial charge in [-0.15, -0.1) is 0 Å². The first-order valence-corrected chi connectivity index (χ1v) is 11.8. The van der Waals surface area contributed by atoms with Crippen LogP contribution in [0.4, 0.5) is 0 Å². The van der Waals surface area contributed by atoms with Crippen LogP contribution in [0.2, 0.25) is 0 Å². The van der Waals surface area contributed by atoms with Gasteiger partial charge in [0.25, 0.3) is 0 Å². The zero-order valence-corrected chi connectivity index (χ0v) is 17.8. The molecule has 5 nitrogen and oxygen atoms in total. The number of carbonyl (C=O) groups excluding carboxylic acids is 1. The van der Waals surface area contributed by atoms with Crippen molar-refractivity contribution in [3.05, 3.63) is 65.2 Å².